The number of sulfonamides is 1. The average molecular weight is 360 g/mol. The van der Waals surface area contributed by atoms with Gasteiger partial charge in [-0.3, -0.25) is 9.88 Å². The summed E-state index contributed by atoms with van der Waals surface area (Å²) in [6, 6.07) is 1.23. The van der Waals surface area contributed by atoms with E-state index in [9.17, 15) is 17.2 Å². The monoisotopic (exact) mass is 360 g/mol. The van der Waals surface area contributed by atoms with Gasteiger partial charge < -0.3 is 5.73 Å². The second-order valence-corrected chi connectivity index (χ2v) is 7.05. The van der Waals surface area contributed by atoms with Crippen molar-refractivity contribution in [3.05, 3.63) is 24.7 Å². The average Bonchev–Trinajstić information content (AvgIpc) is 2.96. The lowest BCUT2D eigenvalue weighted by Crippen LogP contribution is -2.42. The summed E-state index contributed by atoms with van der Waals surface area (Å²) >= 11 is 0. The molecule has 2 heterocycles. The summed E-state index contributed by atoms with van der Waals surface area (Å²) in [6.45, 7) is -1.18. The van der Waals surface area contributed by atoms with Crippen LogP contribution in [-0.2, 0) is 10.0 Å². The van der Waals surface area contributed by atoms with Gasteiger partial charge in [-0.15, -0.1) is 0 Å². The van der Waals surface area contributed by atoms with E-state index < -0.39 is 22.7 Å². The normalized spacial score (nSPS) is 13.6. The number of halogens is 2. The summed E-state index contributed by atoms with van der Waals surface area (Å²) < 4.78 is 53.5. The Morgan fingerprint density at radius 1 is 1.33 bits per heavy atom. The number of nitrogens with two attached hydrogens (primary N) is 1. The van der Waals surface area contributed by atoms with E-state index in [1.165, 1.54) is 12.3 Å². The molecule has 2 aromatic rings. The molecule has 0 spiro atoms. The van der Waals surface area contributed by atoms with E-state index in [0.29, 0.717) is 4.68 Å². The van der Waals surface area contributed by atoms with Crippen molar-refractivity contribution in [1.82, 2.24) is 24.4 Å². The summed E-state index contributed by atoms with van der Waals surface area (Å²) in [7, 11) is -0.562. The molecule has 0 saturated heterocycles. The smallest absolute Gasteiger partial charge is 0.333 e. The Hall–Kier alpha value is -2.11. The molecule has 0 aliphatic heterocycles. The van der Waals surface area contributed by atoms with Gasteiger partial charge in [-0.1, -0.05) is 0 Å². The van der Waals surface area contributed by atoms with Gasteiger partial charge in [-0.25, -0.2) is 13.1 Å². The van der Waals surface area contributed by atoms with Crippen molar-refractivity contribution in [3.63, 3.8) is 0 Å². The predicted molar refractivity (Wildman–Crippen MR) is 84.6 cm³/mol. The maximum absolute atomic E-state index is 12.7. The Kier molecular flexibility index (Phi) is 5.16. The topological polar surface area (TPSA) is 106 Å². The molecule has 2 aromatic heterocycles. The van der Waals surface area contributed by atoms with Crippen LogP contribution in [0.25, 0.3) is 11.3 Å². The molecule has 8 nitrogen and oxygen atoms in total. The van der Waals surface area contributed by atoms with Crippen molar-refractivity contribution in [1.29, 1.82) is 0 Å². The van der Waals surface area contributed by atoms with Crippen LogP contribution in [0.3, 0.4) is 0 Å². The highest BCUT2D eigenvalue weighted by atomic mass is 32.2. The van der Waals surface area contributed by atoms with Crippen LogP contribution >= 0.6 is 0 Å². The molecule has 0 fully saturated rings. The number of aromatic nitrogens is 3. The number of nitrogens with zero attached hydrogens (tertiary/aromatic N) is 4. The molecule has 0 amide bonds. The van der Waals surface area contributed by atoms with Crippen molar-refractivity contribution in [2.75, 3.05) is 19.8 Å². The van der Waals surface area contributed by atoms with E-state index in [1.54, 1.807) is 25.9 Å². The molecule has 2 rings (SSSR count). The van der Waals surface area contributed by atoms with E-state index in [0.717, 1.165) is 12.4 Å². The molecule has 0 bridgehead atoms. The number of hydrogen-bond acceptors (Lipinski definition) is 6. The summed E-state index contributed by atoms with van der Waals surface area (Å²) in [5, 5.41) is 3.50. The zero-order chi connectivity index (χ0) is 18.1. The first-order valence-corrected chi connectivity index (χ1v) is 8.37. The molecule has 1 atom stereocenters. The number of nitrogen functional groups attached to an aromatic ring is 1. The minimum absolute atomic E-state index is 0.00504. The fourth-order valence-corrected chi connectivity index (χ4v) is 3.35. The molecule has 132 valence electrons. The van der Waals surface area contributed by atoms with E-state index in [-0.39, 0.29) is 21.8 Å². The molecular formula is C13H18F2N6O2S. The molecule has 0 radical (unpaired) electrons. The Labute approximate surface area is 138 Å². The number of hydrogen-bond donors (Lipinski definition) is 2. The van der Waals surface area contributed by atoms with E-state index >= 15 is 0 Å². The molecular weight excluding hydrogens is 342 g/mol. The second-order valence-electron chi connectivity index (χ2n) is 5.36. The molecule has 0 aliphatic carbocycles. The summed E-state index contributed by atoms with van der Waals surface area (Å²) in [5.41, 5.74) is 5.92. The van der Waals surface area contributed by atoms with Gasteiger partial charge in [0.25, 0.3) is 0 Å². The number of alkyl halides is 2. The summed E-state index contributed by atoms with van der Waals surface area (Å²) in [5.74, 6) is 0. The number of nitrogens with one attached hydrogen (secondary N) is 1. The highest BCUT2D eigenvalue weighted by Crippen LogP contribution is 2.27. The Bertz CT molecular complexity index is 822. The van der Waals surface area contributed by atoms with Gasteiger partial charge in [0.05, 0.1) is 29.9 Å². The van der Waals surface area contributed by atoms with Crippen LogP contribution in [0.4, 0.5) is 14.5 Å². The lowest BCUT2D eigenvalue weighted by molar-refractivity contribution is 0.0566. The van der Waals surface area contributed by atoms with Crippen molar-refractivity contribution in [2.45, 2.75) is 24.5 Å². The third-order valence-electron chi connectivity index (χ3n) is 3.34. The minimum atomic E-state index is -3.98. The third kappa shape index (κ3) is 3.86. The van der Waals surface area contributed by atoms with Gasteiger partial charge in [0, 0.05) is 11.8 Å². The fraction of sp³-hybridized carbons (Fsp3) is 0.385. The Morgan fingerprint density at radius 3 is 2.54 bits per heavy atom. The number of pyridine rings is 1. The SMILES string of the molecule is CC(NS(=O)(=O)c1cc(N)cnc1-c1cnn(C(F)F)c1)N(C)C. The molecule has 0 aliphatic rings. The predicted octanol–water partition coefficient (Wildman–Crippen LogP) is 1.11. The second kappa shape index (κ2) is 6.79. The van der Waals surface area contributed by atoms with Gasteiger partial charge in [-0.05, 0) is 27.1 Å². The Balaban J connectivity index is 2.51. The maximum atomic E-state index is 12.7. The maximum Gasteiger partial charge on any atom is 0.333 e. The van der Waals surface area contributed by atoms with Crippen molar-refractivity contribution >= 4 is 15.7 Å². The molecule has 3 N–H and O–H groups in total. The van der Waals surface area contributed by atoms with Crippen LogP contribution in [0.1, 0.15) is 13.5 Å². The van der Waals surface area contributed by atoms with E-state index in [2.05, 4.69) is 14.8 Å². The van der Waals surface area contributed by atoms with Crippen LogP contribution in [0.2, 0.25) is 0 Å². The van der Waals surface area contributed by atoms with Crippen molar-refractivity contribution < 1.29 is 17.2 Å². The first-order chi connectivity index (χ1) is 11.1. The van der Waals surface area contributed by atoms with Crippen LogP contribution in [0.5, 0.6) is 0 Å². The lowest BCUT2D eigenvalue weighted by Gasteiger charge is -2.21. The first-order valence-electron chi connectivity index (χ1n) is 6.89. The van der Waals surface area contributed by atoms with Gasteiger partial charge in [0.2, 0.25) is 10.0 Å². The van der Waals surface area contributed by atoms with Crippen molar-refractivity contribution in [2.24, 2.45) is 0 Å². The van der Waals surface area contributed by atoms with Crippen LogP contribution in [0, 0.1) is 0 Å². The first kappa shape index (κ1) is 18.2. The molecule has 1 unspecified atom stereocenters. The van der Waals surface area contributed by atoms with Crippen LogP contribution in [-0.4, -0.2) is 48.3 Å². The van der Waals surface area contributed by atoms with Gasteiger partial charge >= 0.3 is 6.55 Å². The van der Waals surface area contributed by atoms with Crippen LogP contribution in [0.15, 0.2) is 29.6 Å². The largest absolute Gasteiger partial charge is 0.397 e. The standard InChI is InChI=1S/C13H18F2N6O2S/c1-8(20(2)3)19-24(22,23)11-4-10(16)6-17-12(11)9-5-18-21(7-9)13(14)15/h4-8,13,19H,16H2,1-3H3. The zero-order valence-electron chi connectivity index (χ0n) is 13.3. The van der Waals surface area contributed by atoms with E-state index in [4.69, 9.17) is 5.73 Å². The molecule has 0 saturated carbocycles. The highest BCUT2D eigenvalue weighted by molar-refractivity contribution is 7.89. The quantitative estimate of drug-likeness (QED) is 0.748. The zero-order valence-corrected chi connectivity index (χ0v) is 14.1. The van der Waals surface area contributed by atoms with E-state index in [1.807, 2.05) is 0 Å². The van der Waals surface area contributed by atoms with Gasteiger partial charge in [0.15, 0.2) is 0 Å². The summed E-state index contributed by atoms with van der Waals surface area (Å²) in [4.78, 5) is 5.44. The van der Waals surface area contributed by atoms with Gasteiger partial charge in [-0.2, -0.15) is 18.6 Å². The fourth-order valence-electron chi connectivity index (χ4n) is 1.84. The highest BCUT2D eigenvalue weighted by Gasteiger charge is 2.25. The molecule has 11 heteroatoms. The lowest BCUT2D eigenvalue weighted by atomic mass is 10.2. The minimum Gasteiger partial charge on any atom is -0.397 e. The third-order valence-corrected chi connectivity index (χ3v) is 4.88. The number of rotatable bonds is 6. The number of anilines is 1. The van der Waals surface area contributed by atoms with Gasteiger partial charge in [0.1, 0.15) is 4.90 Å². The summed E-state index contributed by atoms with van der Waals surface area (Å²) in [6.07, 6.45) is 2.91. The molecule has 24 heavy (non-hydrogen) atoms. The van der Waals surface area contributed by atoms with Crippen molar-refractivity contribution in [3.8, 4) is 11.3 Å². The van der Waals surface area contributed by atoms with Crippen LogP contribution < -0.4 is 10.5 Å². The molecule has 0 aromatic carbocycles. The Morgan fingerprint density at radius 2 is 2.00 bits per heavy atom.